The fraction of sp³-hybridized carbons (Fsp3) is 0.231. The molecule has 0 amide bonds. The van der Waals surface area contributed by atoms with E-state index < -0.39 is 6.10 Å². The molecular formula is C13H12Cl2O3. The molecule has 1 heterocycles. The normalized spacial score (nSPS) is 12.4. The Morgan fingerprint density at radius 1 is 1.33 bits per heavy atom. The molecule has 1 atom stereocenters. The maximum Gasteiger partial charge on any atom is 0.139 e. The van der Waals surface area contributed by atoms with Gasteiger partial charge in [-0.1, -0.05) is 23.2 Å². The van der Waals surface area contributed by atoms with Crippen LogP contribution < -0.4 is 4.74 Å². The number of furan rings is 1. The highest BCUT2D eigenvalue weighted by Gasteiger charge is 2.17. The van der Waals surface area contributed by atoms with E-state index in [-0.39, 0.29) is 0 Å². The fourth-order valence-electron chi connectivity index (χ4n) is 1.63. The van der Waals surface area contributed by atoms with Gasteiger partial charge < -0.3 is 14.3 Å². The predicted molar refractivity (Wildman–Crippen MR) is 70.4 cm³/mol. The van der Waals surface area contributed by atoms with Gasteiger partial charge >= 0.3 is 0 Å². The summed E-state index contributed by atoms with van der Waals surface area (Å²) in [6.45, 7) is 2.36. The number of ether oxygens (including phenoxy) is 1. The highest BCUT2D eigenvalue weighted by Crippen LogP contribution is 2.36. The topological polar surface area (TPSA) is 42.6 Å². The van der Waals surface area contributed by atoms with Gasteiger partial charge in [-0.25, -0.2) is 0 Å². The van der Waals surface area contributed by atoms with Crippen molar-refractivity contribution in [3.63, 3.8) is 0 Å². The van der Waals surface area contributed by atoms with Crippen LogP contribution in [0.15, 0.2) is 35.1 Å². The average molecular weight is 287 g/mol. The molecule has 0 saturated heterocycles. The van der Waals surface area contributed by atoms with E-state index >= 15 is 0 Å². The van der Waals surface area contributed by atoms with Gasteiger partial charge in [0.1, 0.15) is 11.9 Å². The second kappa shape index (κ2) is 5.65. The molecule has 96 valence electrons. The molecule has 0 fully saturated rings. The van der Waals surface area contributed by atoms with Crippen LogP contribution >= 0.6 is 23.2 Å². The van der Waals surface area contributed by atoms with Gasteiger partial charge in [-0.15, -0.1) is 0 Å². The van der Waals surface area contributed by atoms with Gasteiger partial charge in [-0.3, -0.25) is 0 Å². The van der Waals surface area contributed by atoms with Crippen LogP contribution in [0.3, 0.4) is 0 Å². The van der Waals surface area contributed by atoms with Crippen molar-refractivity contribution in [2.24, 2.45) is 0 Å². The van der Waals surface area contributed by atoms with E-state index in [0.717, 1.165) is 0 Å². The second-order valence-electron chi connectivity index (χ2n) is 3.70. The van der Waals surface area contributed by atoms with Crippen LogP contribution in [0.5, 0.6) is 5.75 Å². The second-order valence-corrected chi connectivity index (χ2v) is 4.51. The van der Waals surface area contributed by atoms with Crippen LogP contribution in [0.25, 0.3) is 0 Å². The molecule has 2 aromatic rings. The Labute approximate surface area is 115 Å². The number of aliphatic hydroxyl groups is 1. The van der Waals surface area contributed by atoms with Gasteiger partial charge in [0, 0.05) is 17.2 Å². The highest BCUT2D eigenvalue weighted by atomic mass is 35.5. The fourth-order valence-corrected chi connectivity index (χ4v) is 2.11. The van der Waals surface area contributed by atoms with Crippen molar-refractivity contribution in [2.75, 3.05) is 6.61 Å². The van der Waals surface area contributed by atoms with Crippen molar-refractivity contribution in [1.82, 2.24) is 0 Å². The Hall–Kier alpha value is -1.16. The number of halogens is 2. The van der Waals surface area contributed by atoms with E-state index in [1.165, 1.54) is 12.5 Å². The molecule has 0 bridgehead atoms. The van der Waals surface area contributed by atoms with E-state index in [9.17, 15) is 5.11 Å². The van der Waals surface area contributed by atoms with Gasteiger partial charge in [0.25, 0.3) is 0 Å². The van der Waals surface area contributed by atoms with Gasteiger partial charge in [0.05, 0.1) is 29.2 Å². The lowest BCUT2D eigenvalue weighted by Gasteiger charge is -2.14. The molecule has 0 spiro atoms. The van der Waals surface area contributed by atoms with Gasteiger partial charge in [0.2, 0.25) is 0 Å². The first-order chi connectivity index (χ1) is 8.63. The summed E-state index contributed by atoms with van der Waals surface area (Å²) in [7, 11) is 0. The van der Waals surface area contributed by atoms with Gasteiger partial charge in [-0.05, 0) is 19.1 Å². The molecule has 1 N–H and O–H groups in total. The van der Waals surface area contributed by atoms with Crippen molar-refractivity contribution in [2.45, 2.75) is 13.0 Å². The third-order valence-corrected chi connectivity index (χ3v) is 3.13. The Morgan fingerprint density at radius 2 is 2.11 bits per heavy atom. The molecule has 0 saturated carbocycles. The molecule has 0 radical (unpaired) electrons. The molecule has 18 heavy (non-hydrogen) atoms. The van der Waals surface area contributed by atoms with Crippen molar-refractivity contribution in [1.29, 1.82) is 0 Å². The first-order valence-electron chi connectivity index (χ1n) is 5.45. The largest absolute Gasteiger partial charge is 0.492 e. The molecule has 0 aliphatic rings. The zero-order chi connectivity index (χ0) is 13.1. The number of hydrogen-bond acceptors (Lipinski definition) is 3. The zero-order valence-corrected chi connectivity index (χ0v) is 11.2. The molecule has 1 unspecified atom stereocenters. The van der Waals surface area contributed by atoms with E-state index in [2.05, 4.69) is 0 Å². The SMILES string of the molecule is CCOc1cc(Cl)c(C(O)c2ccoc2)cc1Cl. The minimum atomic E-state index is -0.871. The van der Waals surface area contributed by atoms with E-state index in [1.54, 1.807) is 18.2 Å². The number of benzene rings is 1. The third-order valence-electron chi connectivity index (χ3n) is 2.50. The summed E-state index contributed by atoms with van der Waals surface area (Å²) in [4.78, 5) is 0. The highest BCUT2D eigenvalue weighted by molar-refractivity contribution is 6.34. The van der Waals surface area contributed by atoms with Crippen LogP contribution in [0.4, 0.5) is 0 Å². The molecule has 2 rings (SSSR count). The van der Waals surface area contributed by atoms with Crippen molar-refractivity contribution in [3.05, 3.63) is 51.9 Å². The van der Waals surface area contributed by atoms with Crippen LogP contribution in [0.1, 0.15) is 24.2 Å². The summed E-state index contributed by atoms with van der Waals surface area (Å²) in [5, 5.41) is 11.0. The molecule has 1 aromatic carbocycles. The monoisotopic (exact) mass is 286 g/mol. The zero-order valence-electron chi connectivity index (χ0n) is 9.69. The standard InChI is InChI=1S/C13H12Cl2O3/c1-2-18-12-6-10(14)9(5-11(12)15)13(16)8-3-4-17-7-8/h3-7,13,16H,2H2,1H3. The lowest BCUT2D eigenvalue weighted by atomic mass is 10.0. The summed E-state index contributed by atoms with van der Waals surface area (Å²) < 4.78 is 10.3. The van der Waals surface area contributed by atoms with Crippen LogP contribution in [0.2, 0.25) is 10.0 Å². The number of aliphatic hydroxyl groups excluding tert-OH is 1. The predicted octanol–water partition coefficient (Wildman–Crippen LogP) is 4.07. The minimum Gasteiger partial charge on any atom is -0.492 e. The smallest absolute Gasteiger partial charge is 0.139 e. The van der Waals surface area contributed by atoms with Crippen molar-refractivity contribution in [3.8, 4) is 5.75 Å². The Morgan fingerprint density at radius 3 is 2.72 bits per heavy atom. The Kier molecular flexibility index (Phi) is 4.17. The number of rotatable bonds is 4. The summed E-state index contributed by atoms with van der Waals surface area (Å²) in [6, 6.07) is 4.88. The van der Waals surface area contributed by atoms with Gasteiger partial charge in [0.15, 0.2) is 0 Å². The van der Waals surface area contributed by atoms with Crippen LogP contribution in [-0.2, 0) is 0 Å². The Balaban J connectivity index is 2.37. The molecular weight excluding hydrogens is 275 g/mol. The minimum absolute atomic E-state index is 0.400. The van der Waals surface area contributed by atoms with E-state index in [1.807, 2.05) is 6.92 Å². The lowest BCUT2D eigenvalue weighted by Crippen LogP contribution is -2.00. The summed E-state index contributed by atoms with van der Waals surface area (Å²) in [6.07, 6.45) is 2.08. The maximum absolute atomic E-state index is 10.2. The first-order valence-corrected chi connectivity index (χ1v) is 6.21. The third kappa shape index (κ3) is 2.64. The average Bonchev–Trinajstić information content (AvgIpc) is 2.86. The maximum atomic E-state index is 10.2. The van der Waals surface area contributed by atoms with Crippen LogP contribution in [-0.4, -0.2) is 11.7 Å². The summed E-state index contributed by atoms with van der Waals surface area (Å²) in [5.74, 6) is 0.507. The quantitative estimate of drug-likeness (QED) is 0.921. The molecule has 1 aromatic heterocycles. The van der Waals surface area contributed by atoms with Crippen molar-refractivity contribution >= 4 is 23.2 Å². The van der Waals surface area contributed by atoms with Crippen LogP contribution in [0, 0.1) is 0 Å². The molecule has 0 aliphatic heterocycles. The summed E-state index contributed by atoms with van der Waals surface area (Å²) >= 11 is 12.2. The summed E-state index contributed by atoms with van der Waals surface area (Å²) in [5.41, 5.74) is 1.14. The number of hydrogen-bond donors (Lipinski definition) is 1. The molecule has 5 heteroatoms. The molecule has 0 aliphatic carbocycles. The molecule has 3 nitrogen and oxygen atoms in total. The van der Waals surface area contributed by atoms with Gasteiger partial charge in [-0.2, -0.15) is 0 Å². The Bertz CT molecular complexity index is 523. The first kappa shape index (κ1) is 13.3. The van der Waals surface area contributed by atoms with E-state index in [0.29, 0.717) is 33.5 Å². The lowest BCUT2D eigenvalue weighted by molar-refractivity contribution is 0.219. The van der Waals surface area contributed by atoms with Crippen molar-refractivity contribution < 1.29 is 14.3 Å². The van der Waals surface area contributed by atoms with E-state index in [4.69, 9.17) is 32.4 Å².